The molecule has 3 aromatic heterocycles. The Morgan fingerprint density at radius 3 is 2.81 bits per heavy atom. The summed E-state index contributed by atoms with van der Waals surface area (Å²) in [4.78, 5) is 19.5. The first-order valence-corrected chi connectivity index (χ1v) is 12.0. The van der Waals surface area contributed by atoms with Crippen molar-refractivity contribution < 1.29 is 0 Å². The number of aromatic nitrogens is 4. The van der Waals surface area contributed by atoms with Crippen molar-refractivity contribution in [2.75, 3.05) is 5.75 Å². The zero-order valence-corrected chi connectivity index (χ0v) is 17.6. The standard InChI is InChI=1S/C17H18N4OS4/c1-10(2)8-23-16-19-20-17(26-16)24-9-11-7-14(22)21-12-5-3-4-6-13(12)25-15(21)18-11/h7H,1,3-6,8-9H2,2H3. The number of hydrogen-bond donors (Lipinski definition) is 0. The Kier molecular flexibility index (Phi) is 5.49. The van der Waals surface area contributed by atoms with E-state index in [4.69, 9.17) is 4.98 Å². The molecular formula is C17H18N4OS4. The van der Waals surface area contributed by atoms with E-state index in [9.17, 15) is 4.79 Å². The van der Waals surface area contributed by atoms with Crippen LogP contribution in [0.25, 0.3) is 4.96 Å². The highest BCUT2D eigenvalue weighted by atomic mass is 32.2. The molecule has 0 unspecified atom stereocenters. The highest BCUT2D eigenvalue weighted by molar-refractivity contribution is 8.03. The predicted molar refractivity (Wildman–Crippen MR) is 111 cm³/mol. The second kappa shape index (κ2) is 7.84. The van der Waals surface area contributed by atoms with Crippen LogP contribution in [0.1, 0.15) is 36.0 Å². The Hall–Kier alpha value is -1.16. The molecule has 1 aliphatic carbocycles. The van der Waals surface area contributed by atoms with Crippen LogP contribution < -0.4 is 5.56 Å². The first-order chi connectivity index (χ1) is 12.6. The average Bonchev–Trinajstić information content (AvgIpc) is 3.22. The maximum Gasteiger partial charge on any atom is 0.259 e. The van der Waals surface area contributed by atoms with E-state index in [1.807, 2.05) is 11.3 Å². The molecule has 136 valence electrons. The van der Waals surface area contributed by atoms with Crippen LogP contribution in [0.5, 0.6) is 0 Å². The minimum absolute atomic E-state index is 0.0416. The average molecular weight is 423 g/mol. The molecule has 4 rings (SSSR count). The Labute approximate surface area is 168 Å². The van der Waals surface area contributed by atoms with Crippen molar-refractivity contribution in [2.24, 2.45) is 0 Å². The van der Waals surface area contributed by atoms with Crippen LogP contribution in [-0.4, -0.2) is 25.3 Å². The molecule has 0 saturated heterocycles. The molecule has 3 heterocycles. The van der Waals surface area contributed by atoms with Crippen LogP contribution in [0.15, 0.2) is 31.7 Å². The van der Waals surface area contributed by atoms with Gasteiger partial charge in [-0.05, 0) is 32.6 Å². The first kappa shape index (κ1) is 18.2. The number of nitrogens with zero attached hydrogens (tertiary/aromatic N) is 4. The quantitative estimate of drug-likeness (QED) is 0.432. The fraction of sp³-hybridized carbons (Fsp3) is 0.412. The summed E-state index contributed by atoms with van der Waals surface area (Å²) in [5.41, 5.74) is 3.15. The number of hydrogen-bond acceptors (Lipinski definition) is 8. The van der Waals surface area contributed by atoms with E-state index in [0.717, 1.165) is 49.9 Å². The Balaban J connectivity index is 1.49. The van der Waals surface area contributed by atoms with E-state index < -0.39 is 0 Å². The van der Waals surface area contributed by atoms with Gasteiger partial charge in [-0.3, -0.25) is 9.20 Å². The van der Waals surface area contributed by atoms with Gasteiger partial charge in [-0.1, -0.05) is 47.0 Å². The summed E-state index contributed by atoms with van der Waals surface area (Å²) in [6.07, 6.45) is 4.43. The van der Waals surface area contributed by atoms with Gasteiger partial charge >= 0.3 is 0 Å². The van der Waals surface area contributed by atoms with Crippen LogP contribution in [0.2, 0.25) is 0 Å². The van der Waals surface area contributed by atoms with Crippen molar-refractivity contribution in [1.82, 2.24) is 19.6 Å². The van der Waals surface area contributed by atoms with E-state index in [2.05, 4.69) is 16.8 Å². The van der Waals surface area contributed by atoms with Crippen molar-refractivity contribution in [3.63, 3.8) is 0 Å². The lowest BCUT2D eigenvalue weighted by Gasteiger charge is -2.09. The number of thiazole rings is 1. The molecule has 26 heavy (non-hydrogen) atoms. The maximum atomic E-state index is 12.6. The van der Waals surface area contributed by atoms with Gasteiger partial charge < -0.3 is 0 Å². The minimum Gasteiger partial charge on any atom is -0.269 e. The molecule has 1 aliphatic rings. The lowest BCUT2D eigenvalue weighted by molar-refractivity contribution is 0.670. The molecule has 0 bridgehead atoms. The Morgan fingerprint density at radius 1 is 1.23 bits per heavy atom. The Bertz CT molecular complexity index is 1020. The summed E-state index contributed by atoms with van der Waals surface area (Å²) in [6.45, 7) is 5.91. The molecule has 0 radical (unpaired) electrons. The van der Waals surface area contributed by atoms with Crippen LogP contribution in [0.3, 0.4) is 0 Å². The minimum atomic E-state index is 0.0416. The van der Waals surface area contributed by atoms with Crippen molar-refractivity contribution in [3.05, 3.63) is 44.8 Å². The summed E-state index contributed by atoms with van der Waals surface area (Å²) in [6, 6.07) is 1.67. The van der Waals surface area contributed by atoms with Crippen molar-refractivity contribution in [1.29, 1.82) is 0 Å². The summed E-state index contributed by atoms with van der Waals surface area (Å²) in [5.74, 6) is 1.49. The zero-order chi connectivity index (χ0) is 18.1. The third-order valence-corrected chi connectivity index (χ3v) is 8.58. The smallest absolute Gasteiger partial charge is 0.259 e. The predicted octanol–water partition coefficient (Wildman–Crippen LogP) is 4.45. The molecule has 0 saturated carbocycles. The third kappa shape index (κ3) is 3.90. The Morgan fingerprint density at radius 2 is 2.00 bits per heavy atom. The number of rotatable bonds is 6. The SMILES string of the molecule is C=C(C)CSc1nnc(SCc2cc(=O)n3c4c(sc3n2)CCCC4)s1. The van der Waals surface area contributed by atoms with Crippen LogP contribution in [0.4, 0.5) is 0 Å². The molecule has 0 fully saturated rings. The third-order valence-electron chi connectivity index (χ3n) is 3.99. The highest BCUT2D eigenvalue weighted by Crippen LogP contribution is 2.32. The van der Waals surface area contributed by atoms with Gasteiger partial charge in [0.1, 0.15) is 0 Å². The molecule has 0 aliphatic heterocycles. The van der Waals surface area contributed by atoms with E-state index in [0.29, 0.717) is 5.75 Å². The second-order valence-electron chi connectivity index (χ2n) is 6.25. The lowest BCUT2D eigenvalue weighted by atomic mass is 10.0. The summed E-state index contributed by atoms with van der Waals surface area (Å²) in [7, 11) is 0. The number of fused-ring (bicyclic) bond motifs is 3. The molecule has 0 aromatic carbocycles. The monoisotopic (exact) mass is 422 g/mol. The maximum absolute atomic E-state index is 12.6. The molecule has 0 spiro atoms. The van der Waals surface area contributed by atoms with Crippen molar-refractivity contribution >= 4 is 51.2 Å². The summed E-state index contributed by atoms with van der Waals surface area (Å²) < 4.78 is 3.66. The second-order valence-corrected chi connectivity index (χ2v) is 10.7. The van der Waals surface area contributed by atoms with E-state index >= 15 is 0 Å². The molecule has 5 nitrogen and oxygen atoms in total. The lowest BCUT2D eigenvalue weighted by Crippen LogP contribution is -2.17. The molecule has 0 atom stereocenters. The van der Waals surface area contributed by atoms with Crippen molar-refractivity contribution in [2.45, 2.75) is 47.0 Å². The normalized spacial score (nSPS) is 13.9. The fourth-order valence-corrected chi connectivity index (χ4v) is 6.84. The van der Waals surface area contributed by atoms with Gasteiger partial charge in [0.25, 0.3) is 5.56 Å². The number of aryl methyl sites for hydroxylation is 2. The van der Waals surface area contributed by atoms with E-state index in [1.165, 1.54) is 17.0 Å². The zero-order valence-electron chi connectivity index (χ0n) is 14.4. The van der Waals surface area contributed by atoms with Gasteiger partial charge in [0, 0.05) is 28.1 Å². The van der Waals surface area contributed by atoms with Gasteiger partial charge in [0.05, 0.1) is 5.69 Å². The largest absolute Gasteiger partial charge is 0.269 e. The summed E-state index contributed by atoms with van der Waals surface area (Å²) in [5, 5.41) is 8.42. The van der Waals surface area contributed by atoms with Crippen molar-refractivity contribution in [3.8, 4) is 0 Å². The fourth-order valence-electron chi connectivity index (χ4n) is 2.85. The first-order valence-electron chi connectivity index (χ1n) is 8.37. The molecular weight excluding hydrogens is 404 g/mol. The van der Waals surface area contributed by atoms with Gasteiger partial charge in [-0.2, -0.15) is 0 Å². The van der Waals surface area contributed by atoms with Gasteiger partial charge in [-0.25, -0.2) is 4.98 Å². The molecule has 9 heteroatoms. The molecule has 0 amide bonds. The van der Waals surface area contributed by atoms with E-state index in [1.54, 1.807) is 52.3 Å². The van der Waals surface area contributed by atoms with Gasteiger partial charge in [-0.15, -0.1) is 21.5 Å². The van der Waals surface area contributed by atoms with Crippen LogP contribution >= 0.6 is 46.2 Å². The van der Waals surface area contributed by atoms with Crippen LogP contribution in [0, 0.1) is 0 Å². The van der Waals surface area contributed by atoms with Crippen LogP contribution in [-0.2, 0) is 18.6 Å². The van der Waals surface area contributed by atoms with Gasteiger partial charge in [0.2, 0.25) is 0 Å². The number of thioether (sulfide) groups is 2. The highest BCUT2D eigenvalue weighted by Gasteiger charge is 2.18. The topological polar surface area (TPSA) is 60.2 Å². The molecule has 0 N–H and O–H groups in total. The van der Waals surface area contributed by atoms with Gasteiger partial charge in [0.15, 0.2) is 13.6 Å². The van der Waals surface area contributed by atoms with E-state index in [-0.39, 0.29) is 5.56 Å². The molecule has 3 aromatic rings. The summed E-state index contributed by atoms with van der Waals surface area (Å²) >= 11 is 6.49.